The molecule has 5 nitrogen and oxygen atoms in total. The van der Waals surface area contributed by atoms with Crippen LogP contribution in [-0.4, -0.2) is 48.8 Å². The van der Waals surface area contributed by atoms with Crippen LogP contribution in [0.1, 0.15) is 15.9 Å². The highest BCUT2D eigenvalue weighted by molar-refractivity contribution is 5.94. The zero-order valence-electron chi connectivity index (χ0n) is 14.2. The number of hydrogen-bond donors (Lipinski definition) is 0. The first-order valence-electron chi connectivity index (χ1n) is 7.87. The fourth-order valence-corrected chi connectivity index (χ4v) is 2.19. The molecule has 0 unspecified atom stereocenters. The molecular formula is C18H19F3N2O3. The molecule has 0 radical (unpaired) electrons. The number of alkyl halides is 3. The molecule has 2 rings (SSSR count). The van der Waals surface area contributed by atoms with E-state index in [1.807, 2.05) is 30.3 Å². The van der Waals surface area contributed by atoms with Crippen molar-refractivity contribution in [2.75, 3.05) is 26.9 Å². The minimum Gasteiger partial charge on any atom is -0.468 e. The molecule has 0 N–H and O–H groups in total. The van der Waals surface area contributed by atoms with Crippen LogP contribution in [-0.2, 0) is 11.3 Å². The summed E-state index contributed by atoms with van der Waals surface area (Å²) in [5, 5.41) is 0. The number of ether oxygens (including phenoxy) is 2. The van der Waals surface area contributed by atoms with E-state index in [4.69, 9.17) is 4.74 Å². The third kappa shape index (κ3) is 6.36. The minimum atomic E-state index is -4.44. The summed E-state index contributed by atoms with van der Waals surface area (Å²) >= 11 is 0. The van der Waals surface area contributed by atoms with Gasteiger partial charge in [-0.05, 0) is 11.6 Å². The summed E-state index contributed by atoms with van der Waals surface area (Å²) in [6, 6.07) is 12.1. The molecule has 0 saturated carbocycles. The first-order chi connectivity index (χ1) is 12.4. The Bertz CT molecular complexity index is 691. The molecule has 0 aliphatic carbocycles. The number of halogens is 3. The summed E-state index contributed by atoms with van der Waals surface area (Å²) in [5.41, 5.74) is 1.21. The number of carbonyl (C=O) groups is 1. The second-order valence-electron chi connectivity index (χ2n) is 5.49. The Morgan fingerprint density at radius 1 is 1.15 bits per heavy atom. The number of pyridine rings is 1. The predicted molar refractivity (Wildman–Crippen MR) is 88.8 cm³/mol. The first-order valence-corrected chi connectivity index (χ1v) is 7.87. The molecule has 0 spiro atoms. The van der Waals surface area contributed by atoms with Crippen molar-refractivity contribution in [3.8, 4) is 5.88 Å². The molecule has 8 heteroatoms. The Labute approximate surface area is 149 Å². The van der Waals surface area contributed by atoms with Crippen LogP contribution in [0.15, 0.2) is 48.7 Å². The number of methoxy groups -OCH3 is 1. The number of aromatic nitrogens is 1. The highest BCUT2D eigenvalue weighted by Crippen LogP contribution is 2.17. The lowest BCUT2D eigenvalue weighted by atomic mass is 10.2. The first kappa shape index (κ1) is 19.7. The maximum absolute atomic E-state index is 12.7. The van der Waals surface area contributed by atoms with Crippen LogP contribution >= 0.6 is 0 Å². The lowest BCUT2D eigenvalue weighted by Gasteiger charge is -2.22. The van der Waals surface area contributed by atoms with Crippen molar-refractivity contribution in [1.29, 1.82) is 0 Å². The van der Waals surface area contributed by atoms with E-state index in [2.05, 4.69) is 9.72 Å². The van der Waals surface area contributed by atoms with Crippen LogP contribution in [0.2, 0.25) is 0 Å². The van der Waals surface area contributed by atoms with Gasteiger partial charge in [0, 0.05) is 32.5 Å². The molecular weight excluding hydrogens is 349 g/mol. The molecule has 2 aromatic rings. The van der Waals surface area contributed by atoms with Crippen LogP contribution in [0.25, 0.3) is 0 Å². The van der Waals surface area contributed by atoms with Crippen molar-refractivity contribution < 1.29 is 27.4 Å². The monoisotopic (exact) mass is 368 g/mol. The summed E-state index contributed by atoms with van der Waals surface area (Å²) < 4.78 is 46.1. The molecule has 0 saturated heterocycles. The number of rotatable bonds is 8. The van der Waals surface area contributed by atoms with E-state index in [9.17, 15) is 18.0 Å². The predicted octanol–water partition coefficient (Wildman–Crippen LogP) is 3.31. The van der Waals surface area contributed by atoms with Crippen molar-refractivity contribution in [2.24, 2.45) is 0 Å². The van der Waals surface area contributed by atoms with Crippen molar-refractivity contribution in [2.45, 2.75) is 12.7 Å². The van der Waals surface area contributed by atoms with Crippen LogP contribution in [0, 0.1) is 0 Å². The SMILES string of the molecule is COCCN(Cc1ccccc1)C(=O)c1ccc(OCC(F)(F)F)nc1. The summed E-state index contributed by atoms with van der Waals surface area (Å²) in [4.78, 5) is 18.1. The molecule has 0 bridgehead atoms. The van der Waals surface area contributed by atoms with Gasteiger partial charge in [-0.3, -0.25) is 4.79 Å². The summed E-state index contributed by atoms with van der Waals surface area (Å²) in [6.07, 6.45) is -3.23. The molecule has 26 heavy (non-hydrogen) atoms. The van der Waals surface area contributed by atoms with Crippen LogP contribution in [0.3, 0.4) is 0 Å². The Hall–Kier alpha value is -2.61. The highest BCUT2D eigenvalue weighted by atomic mass is 19.4. The van der Waals surface area contributed by atoms with Gasteiger partial charge in [0.25, 0.3) is 5.91 Å². The van der Waals surface area contributed by atoms with Gasteiger partial charge >= 0.3 is 6.18 Å². The maximum atomic E-state index is 12.7. The van der Waals surface area contributed by atoms with Crippen molar-refractivity contribution >= 4 is 5.91 Å². The zero-order chi connectivity index (χ0) is 19.0. The van der Waals surface area contributed by atoms with E-state index < -0.39 is 12.8 Å². The van der Waals surface area contributed by atoms with Crippen molar-refractivity contribution in [3.05, 3.63) is 59.8 Å². The lowest BCUT2D eigenvalue weighted by Crippen LogP contribution is -2.33. The lowest BCUT2D eigenvalue weighted by molar-refractivity contribution is -0.154. The van der Waals surface area contributed by atoms with Gasteiger partial charge in [-0.1, -0.05) is 30.3 Å². The largest absolute Gasteiger partial charge is 0.468 e. The standard InChI is InChI=1S/C18H19F3N2O3/c1-25-10-9-23(12-14-5-3-2-4-6-14)17(24)15-7-8-16(22-11-15)26-13-18(19,20)21/h2-8,11H,9-10,12-13H2,1H3. The van der Waals surface area contributed by atoms with Gasteiger partial charge in [-0.2, -0.15) is 13.2 Å². The quantitative estimate of drug-likeness (QED) is 0.717. The number of nitrogens with zero attached hydrogens (tertiary/aromatic N) is 2. The average Bonchev–Trinajstić information content (AvgIpc) is 2.63. The molecule has 0 fully saturated rings. The topological polar surface area (TPSA) is 51.7 Å². The third-order valence-electron chi connectivity index (χ3n) is 3.44. The average molecular weight is 368 g/mol. The molecule has 0 aliphatic rings. The van der Waals surface area contributed by atoms with Gasteiger partial charge in [0.1, 0.15) is 0 Å². The Morgan fingerprint density at radius 2 is 1.88 bits per heavy atom. The smallest absolute Gasteiger partial charge is 0.422 e. The fourth-order valence-electron chi connectivity index (χ4n) is 2.19. The van der Waals surface area contributed by atoms with Gasteiger partial charge in [0.15, 0.2) is 6.61 Å². The molecule has 0 aliphatic heterocycles. The molecule has 1 aromatic carbocycles. The highest BCUT2D eigenvalue weighted by Gasteiger charge is 2.28. The minimum absolute atomic E-state index is 0.189. The van der Waals surface area contributed by atoms with E-state index >= 15 is 0 Å². The Kier molecular flexibility index (Phi) is 6.97. The van der Waals surface area contributed by atoms with E-state index in [-0.39, 0.29) is 17.4 Å². The van der Waals surface area contributed by atoms with E-state index in [1.54, 1.807) is 12.0 Å². The van der Waals surface area contributed by atoms with Crippen molar-refractivity contribution in [3.63, 3.8) is 0 Å². The summed E-state index contributed by atoms with van der Waals surface area (Å²) in [7, 11) is 1.54. The fraction of sp³-hybridized carbons (Fsp3) is 0.333. The molecule has 1 aromatic heterocycles. The molecule has 1 heterocycles. The van der Waals surface area contributed by atoms with Crippen LogP contribution < -0.4 is 4.74 Å². The molecule has 0 atom stereocenters. The van der Waals surface area contributed by atoms with Crippen LogP contribution in [0.4, 0.5) is 13.2 Å². The second kappa shape index (κ2) is 9.19. The van der Waals surface area contributed by atoms with E-state index in [0.29, 0.717) is 19.7 Å². The second-order valence-corrected chi connectivity index (χ2v) is 5.49. The number of hydrogen-bond acceptors (Lipinski definition) is 4. The van der Waals surface area contributed by atoms with Crippen LogP contribution in [0.5, 0.6) is 5.88 Å². The molecule has 140 valence electrons. The van der Waals surface area contributed by atoms with Crippen molar-refractivity contribution in [1.82, 2.24) is 9.88 Å². The maximum Gasteiger partial charge on any atom is 0.422 e. The van der Waals surface area contributed by atoms with Gasteiger partial charge in [-0.15, -0.1) is 0 Å². The van der Waals surface area contributed by atoms with Gasteiger partial charge in [-0.25, -0.2) is 4.98 Å². The Balaban J connectivity index is 2.06. The number of benzene rings is 1. The molecule has 1 amide bonds. The van der Waals surface area contributed by atoms with Gasteiger partial charge < -0.3 is 14.4 Å². The zero-order valence-corrected chi connectivity index (χ0v) is 14.2. The summed E-state index contributed by atoms with van der Waals surface area (Å²) in [6.45, 7) is -0.314. The Morgan fingerprint density at radius 3 is 2.46 bits per heavy atom. The number of carbonyl (C=O) groups excluding carboxylic acids is 1. The van der Waals surface area contributed by atoms with E-state index in [1.165, 1.54) is 18.3 Å². The number of amides is 1. The summed E-state index contributed by atoms with van der Waals surface area (Å²) in [5.74, 6) is -0.480. The van der Waals surface area contributed by atoms with Gasteiger partial charge in [0.05, 0.1) is 12.2 Å². The van der Waals surface area contributed by atoms with Gasteiger partial charge in [0.2, 0.25) is 5.88 Å². The van der Waals surface area contributed by atoms with E-state index in [0.717, 1.165) is 5.56 Å². The third-order valence-corrected chi connectivity index (χ3v) is 3.44. The normalized spacial score (nSPS) is 11.2.